The summed E-state index contributed by atoms with van der Waals surface area (Å²) in [7, 11) is -1.42. The van der Waals surface area contributed by atoms with Crippen LogP contribution in [0.5, 0.6) is 0 Å². The SMILES string of the molecule is CCC(C)(C)N(C)S(=O)(=O)CC1CCNCC1. The number of nitrogens with one attached hydrogen (secondary N) is 1. The summed E-state index contributed by atoms with van der Waals surface area (Å²) in [5, 5.41) is 3.26. The molecule has 1 aliphatic heterocycles. The highest BCUT2D eigenvalue weighted by Crippen LogP contribution is 2.23. The van der Waals surface area contributed by atoms with Crippen molar-refractivity contribution in [2.45, 2.75) is 45.6 Å². The Morgan fingerprint density at radius 1 is 1.29 bits per heavy atom. The fourth-order valence-corrected chi connectivity index (χ4v) is 4.09. The summed E-state index contributed by atoms with van der Waals surface area (Å²) in [6.07, 6.45) is 2.77. The molecule has 0 radical (unpaired) electrons. The van der Waals surface area contributed by atoms with E-state index in [-0.39, 0.29) is 5.54 Å². The number of hydrogen-bond acceptors (Lipinski definition) is 3. The van der Waals surface area contributed by atoms with Gasteiger partial charge in [0.25, 0.3) is 0 Å². The highest BCUT2D eigenvalue weighted by Gasteiger charge is 2.33. The first-order valence-corrected chi connectivity index (χ1v) is 8.08. The summed E-state index contributed by atoms with van der Waals surface area (Å²) >= 11 is 0. The monoisotopic (exact) mass is 262 g/mol. The van der Waals surface area contributed by atoms with Crippen LogP contribution >= 0.6 is 0 Å². The molecule has 0 aromatic heterocycles. The van der Waals surface area contributed by atoms with E-state index >= 15 is 0 Å². The van der Waals surface area contributed by atoms with Crippen molar-refractivity contribution in [1.29, 1.82) is 0 Å². The van der Waals surface area contributed by atoms with Gasteiger partial charge in [-0.25, -0.2) is 8.42 Å². The normalized spacial score (nSPS) is 19.8. The first-order chi connectivity index (χ1) is 7.79. The lowest BCUT2D eigenvalue weighted by Gasteiger charge is -2.35. The van der Waals surface area contributed by atoms with E-state index < -0.39 is 10.0 Å². The van der Waals surface area contributed by atoms with Crippen LogP contribution in [0.1, 0.15) is 40.0 Å². The largest absolute Gasteiger partial charge is 0.317 e. The van der Waals surface area contributed by atoms with E-state index in [4.69, 9.17) is 0 Å². The summed E-state index contributed by atoms with van der Waals surface area (Å²) in [6, 6.07) is 0. The Bertz CT molecular complexity index is 332. The Balaban J connectivity index is 2.67. The van der Waals surface area contributed by atoms with E-state index in [2.05, 4.69) is 5.32 Å². The van der Waals surface area contributed by atoms with E-state index in [0.717, 1.165) is 32.4 Å². The maximum atomic E-state index is 12.3. The van der Waals surface area contributed by atoms with Gasteiger partial charge < -0.3 is 5.32 Å². The molecule has 1 heterocycles. The molecular formula is C12H26N2O2S. The van der Waals surface area contributed by atoms with Crippen LogP contribution in [0.15, 0.2) is 0 Å². The summed E-state index contributed by atoms with van der Waals surface area (Å²) < 4.78 is 26.2. The van der Waals surface area contributed by atoms with Crippen molar-refractivity contribution in [3.63, 3.8) is 0 Å². The highest BCUT2D eigenvalue weighted by molar-refractivity contribution is 7.89. The number of piperidine rings is 1. The van der Waals surface area contributed by atoms with Gasteiger partial charge in [-0.2, -0.15) is 4.31 Å². The molecule has 1 aliphatic rings. The van der Waals surface area contributed by atoms with Crippen LogP contribution in [0.4, 0.5) is 0 Å². The zero-order valence-corrected chi connectivity index (χ0v) is 12.3. The van der Waals surface area contributed by atoms with Gasteiger partial charge in [-0.05, 0) is 52.1 Å². The van der Waals surface area contributed by atoms with Crippen molar-refractivity contribution in [1.82, 2.24) is 9.62 Å². The molecule has 0 bridgehead atoms. The average molecular weight is 262 g/mol. The number of sulfonamides is 1. The molecular weight excluding hydrogens is 236 g/mol. The van der Waals surface area contributed by atoms with Gasteiger partial charge in [0, 0.05) is 12.6 Å². The molecule has 0 atom stereocenters. The second kappa shape index (κ2) is 5.67. The molecule has 0 aromatic carbocycles. The van der Waals surface area contributed by atoms with E-state index in [1.807, 2.05) is 20.8 Å². The zero-order valence-electron chi connectivity index (χ0n) is 11.5. The van der Waals surface area contributed by atoms with Crippen LogP contribution in [0.3, 0.4) is 0 Å². The number of rotatable bonds is 5. The first-order valence-electron chi connectivity index (χ1n) is 6.47. The Morgan fingerprint density at radius 2 is 1.82 bits per heavy atom. The summed E-state index contributed by atoms with van der Waals surface area (Å²) in [4.78, 5) is 0. The number of nitrogens with zero attached hydrogens (tertiary/aromatic N) is 1. The van der Waals surface area contributed by atoms with Gasteiger partial charge in [0.15, 0.2) is 0 Å². The summed E-state index contributed by atoms with van der Waals surface area (Å²) in [6.45, 7) is 7.87. The summed E-state index contributed by atoms with van der Waals surface area (Å²) in [5.41, 5.74) is -0.286. The lowest BCUT2D eigenvalue weighted by Crippen LogP contribution is -2.47. The van der Waals surface area contributed by atoms with Gasteiger partial charge in [-0.15, -0.1) is 0 Å². The maximum absolute atomic E-state index is 12.3. The fourth-order valence-electron chi connectivity index (χ4n) is 2.06. The van der Waals surface area contributed by atoms with E-state index in [1.54, 1.807) is 11.4 Å². The van der Waals surface area contributed by atoms with Crippen LogP contribution in [0.2, 0.25) is 0 Å². The minimum absolute atomic E-state index is 0.286. The van der Waals surface area contributed by atoms with Gasteiger partial charge in [-0.1, -0.05) is 6.92 Å². The molecule has 0 aromatic rings. The third-order valence-electron chi connectivity index (χ3n) is 4.04. The Labute approximate surface area is 106 Å². The molecule has 0 spiro atoms. The Hall–Kier alpha value is -0.130. The van der Waals surface area contributed by atoms with Crippen molar-refractivity contribution in [3.05, 3.63) is 0 Å². The van der Waals surface area contributed by atoms with Crippen molar-refractivity contribution in [2.24, 2.45) is 5.92 Å². The zero-order chi connectivity index (χ0) is 13.1. The number of hydrogen-bond donors (Lipinski definition) is 1. The van der Waals surface area contributed by atoms with Crippen LogP contribution in [-0.2, 0) is 10.0 Å². The second-order valence-corrected chi connectivity index (χ2v) is 7.65. The van der Waals surface area contributed by atoms with E-state index in [1.165, 1.54) is 0 Å². The minimum atomic E-state index is -3.12. The quantitative estimate of drug-likeness (QED) is 0.815. The molecule has 102 valence electrons. The predicted octanol–water partition coefficient (Wildman–Crippen LogP) is 1.44. The lowest BCUT2D eigenvalue weighted by molar-refractivity contribution is 0.254. The van der Waals surface area contributed by atoms with Crippen LogP contribution in [0.25, 0.3) is 0 Å². The highest BCUT2D eigenvalue weighted by atomic mass is 32.2. The van der Waals surface area contributed by atoms with E-state index in [0.29, 0.717) is 11.7 Å². The molecule has 1 N–H and O–H groups in total. The average Bonchev–Trinajstić information content (AvgIpc) is 2.28. The first kappa shape index (κ1) is 14.9. The molecule has 1 rings (SSSR count). The molecule has 0 amide bonds. The van der Waals surface area contributed by atoms with Gasteiger partial charge in [0.05, 0.1) is 5.75 Å². The van der Waals surface area contributed by atoms with Crippen molar-refractivity contribution in [2.75, 3.05) is 25.9 Å². The van der Waals surface area contributed by atoms with Crippen LogP contribution < -0.4 is 5.32 Å². The molecule has 5 heteroatoms. The Morgan fingerprint density at radius 3 is 2.29 bits per heavy atom. The molecule has 0 saturated carbocycles. The van der Waals surface area contributed by atoms with Crippen molar-refractivity contribution >= 4 is 10.0 Å². The molecule has 4 nitrogen and oxygen atoms in total. The standard InChI is InChI=1S/C12H26N2O2S/c1-5-12(2,3)14(4)17(15,16)10-11-6-8-13-9-7-11/h11,13H,5-10H2,1-4H3. The van der Waals surface area contributed by atoms with Crippen molar-refractivity contribution in [3.8, 4) is 0 Å². The van der Waals surface area contributed by atoms with Crippen LogP contribution in [0, 0.1) is 5.92 Å². The molecule has 0 aliphatic carbocycles. The lowest BCUT2D eigenvalue weighted by atomic mass is 10.0. The summed E-state index contributed by atoms with van der Waals surface area (Å²) in [5.74, 6) is 0.616. The topological polar surface area (TPSA) is 49.4 Å². The van der Waals surface area contributed by atoms with Gasteiger partial charge in [0.2, 0.25) is 10.0 Å². The van der Waals surface area contributed by atoms with E-state index in [9.17, 15) is 8.42 Å². The Kier molecular flexibility index (Phi) is 4.98. The molecule has 17 heavy (non-hydrogen) atoms. The van der Waals surface area contributed by atoms with Crippen molar-refractivity contribution < 1.29 is 8.42 Å². The molecule has 1 fully saturated rings. The fraction of sp³-hybridized carbons (Fsp3) is 1.00. The van der Waals surface area contributed by atoms with Crippen LogP contribution in [-0.4, -0.2) is 44.2 Å². The van der Waals surface area contributed by atoms with Gasteiger partial charge in [0.1, 0.15) is 0 Å². The smallest absolute Gasteiger partial charge is 0.214 e. The minimum Gasteiger partial charge on any atom is -0.317 e. The maximum Gasteiger partial charge on any atom is 0.214 e. The molecule has 0 unspecified atom stereocenters. The third-order valence-corrected chi connectivity index (χ3v) is 6.26. The third kappa shape index (κ3) is 3.93. The second-order valence-electron chi connectivity index (χ2n) is 5.61. The van der Waals surface area contributed by atoms with Gasteiger partial charge in [-0.3, -0.25) is 0 Å². The molecule has 1 saturated heterocycles. The van der Waals surface area contributed by atoms with Gasteiger partial charge >= 0.3 is 0 Å². The predicted molar refractivity (Wildman–Crippen MR) is 71.5 cm³/mol.